The molecule has 4 heterocycles. The lowest BCUT2D eigenvalue weighted by Gasteiger charge is -2.37. The Morgan fingerprint density at radius 3 is 2.55 bits per heavy atom. The number of carbonyl (C=O) groups excluding carboxylic acids is 1. The molecule has 1 aliphatic heterocycles. The highest BCUT2D eigenvalue weighted by Gasteiger charge is 2.33. The molecule has 0 unspecified atom stereocenters. The number of aromatic nitrogens is 4. The number of hydrogen-bond acceptors (Lipinski definition) is 7. The van der Waals surface area contributed by atoms with Crippen LogP contribution in [0, 0.1) is 0 Å². The Balaban J connectivity index is 1.21. The molecule has 0 radical (unpaired) electrons. The van der Waals surface area contributed by atoms with E-state index in [1.54, 1.807) is 30.2 Å². The first-order chi connectivity index (χ1) is 18.0. The summed E-state index contributed by atoms with van der Waals surface area (Å²) in [6, 6.07) is -0.167. The van der Waals surface area contributed by atoms with Crippen LogP contribution < -0.4 is 20.5 Å². The number of aliphatic hydroxyl groups excluding tert-OH is 1. The summed E-state index contributed by atoms with van der Waals surface area (Å²) in [5.41, 5.74) is -0.505. The summed E-state index contributed by atoms with van der Waals surface area (Å²) in [5, 5.41) is 16.5. The summed E-state index contributed by atoms with van der Waals surface area (Å²) < 4.78 is 47.6. The Bertz CT molecular complexity index is 1400. The second kappa shape index (κ2) is 9.82. The quantitative estimate of drug-likeness (QED) is 0.516. The Hall–Kier alpha value is -3.81. The van der Waals surface area contributed by atoms with Gasteiger partial charge in [-0.25, -0.2) is 14.3 Å². The van der Waals surface area contributed by atoms with E-state index in [4.69, 9.17) is 4.74 Å². The lowest BCUT2D eigenvalue weighted by molar-refractivity contribution is -0.138. The van der Waals surface area contributed by atoms with Gasteiger partial charge in [0, 0.05) is 39.4 Å². The number of piperidine rings is 1. The van der Waals surface area contributed by atoms with Gasteiger partial charge < -0.3 is 29.5 Å². The van der Waals surface area contributed by atoms with Gasteiger partial charge in [-0.1, -0.05) is 0 Å². The van der Waals surface area contributed by atoms with Crippen molar-refractivity contribution in [3.8, 4) is 5.88 Å². The first-order valence-electron chi connectivity index (χ1n) is 12.3. The molecule has 38 heavy (non-hydrogen) atoms. The number of nitrogens with one attached hydrogen (secondary N) is 1. The van der Waals surface area contributed by atoms with Gasteiger partial charge in [0.05, 0.1) is 35.9 Å². The van der Waals surface area contributed by atoms with Gasteiger partial charge in [-0.2, -0.15) is 18.3 Å². The Kier molecular flexibility index (Phi) is 6.67. The predicted octanol–water partition coefficient (Wildman–Crippen LogP) is 2.48. The van der Waals surface area contributed by atoms with Crippen molar-refractivity contribution < 1.29 is 27.8 Å². The number of fused-ring (bicyclic) bond motifs is 1. The SMILES string of the molecule is CN(C(=O)Nc1cc(C(F)(F)F)cn(C)c1=O)C1CCN(c2cnn3cc(O[C@H]4CC[C@@H]4O)ncc23)CC1. The van der Waals surface area contributed by atoms with E-state index < -0.39 is 35.1 Å². The third-order valence-electron chi connectivity index (χ3n) is 7.23. The van der Waals surface area contributed by atoms with Crippen molar-refractivity contribution in [2.24, 2.45) is 7.05 Å². The summed E-state index contributed by atoms with van der Waals surface area (Å²) in [4.78, 5) is 33.0. The van der Waals surface area contributed by atoms with Crippen molar-refractivity contribution in [3.05, 3.63) is 46.8 Å². The van der Waals surface area contributed by atoms with Gasteiger partial charge in [-0.15, -0.1) is 0 Å². The summed E-state index contributed by atoms with van der Waals surface area (Å²) in [5.74, 6) is 0.387. The second-order valence-corrected chi connectivity index (χ2v) is 9.70. The lowest BCUT2D eigenvalue weighted by Crippen LogP contribution is -2.47. The summed E-state index contributed by atoms with van der Waals surface area (Å²) in [7, 11) is 2.77. The van der Waals surface area contributed by atoms with Gasteiger partial charge in [-0.05, 0) is 31.7 Å². The fraction of sp³-hybridized carbons (Fsp3) is 0.500. The molecule has 2 atom stereocenters. The summed E-state index contributed by atoms with van der Waals surface area (Å²) in [6.45, 7) is 1.23. The average Bonchev–Trinajstić information content (AvgIpc) is 3.31. The zero-order valence-corrected chi connectivity index (χ0v) is 20.9. The van der Waals surface area contributed by atoms with Crippen LogP contribution in [0.3, 0.4) is 0 Å². The van der Waals surface area contributed by atoms with Crippen molar-refractivity contribution in [1.82, 2.24) is 24.1 Å². The average molecular weight is 536 g/mol. The number of amides is 2. The minimum atomic E-state index is -4.65. The fourth-order valence-electron chi connectivity index (χ4n) is 4.72. The monoisotopic (exact) mass is 535 g/mol. The topological polar surface area (TPSA) is 117 Å². The van der Waals surface area contributed by atoms with Crippen LogP contribution in [-0.4, -0.2) is 73.6 Å². The maximum absolute atomic E-state index is 13.1. The molecule has 0 bridgehead atoms. The molecular formula is C24H28F3N7O4. The van der Waals surface area contributed by atoms with E-state index in [1.807, 2.05) is 0 Å². The molecule has 2 fully saturated rings. The molecule has 3 aromatic heterocycles. The number of alkyl halides is 3. The summed E-state index contributed by atoms with van der Waals surface area (Å²) in [6.07, 6.45) is 3.11. The molecule has 0 spiro atoms. The molecule has 2 N–H and O–H groups in total. The number of hydrogen-bond donors (Lipinski definition) is 2. The number of carbonyl (C=O) groups is 1. The molecule has 1 saturated heterocycles. The molecule has 2 aliphatic rings. The van der Waals surface area contributed by atoms with Crippen molar-refractivity contribution >= 4 is 22.9 Å². The van der Waals surface area contributed by atoms with Crippen LogP contribution in [0.5, 0.6) is 5.88 Å². The molecule has 11 nitrogen and oxygen atoms in total. The van der Waals surface area contributed by atoms with E-state index >= 15 is 0 Å². The zero-order chi connectivity index (χ0) is 27.2. The highest BCUT2D eigenvalue weighted by Crippen LogP contribution is 2.31. The van der Waals surface area contributed by atoms with Crippen molar-refractivity contribution in [1.29, 1.82) is 0 Å². The maximum Gasteiger partial charge on any atom is 0.417 e. The normalized spacial score (nSPS) is 20.3. The highest BCUT2D eigenvalue weighted by molar-refractivity contribution is 5.89. The fourth-order valence-corrected chi connectivity index (χ4v) is 4.72. The lowest BCUT2D eigenvalue weighted by atomic mass is 9.92. The molecule has 5 rings (SSSR count). The van der Waals surface area contributed by atoms with Crippen LogP contribution in [0.25, 0.3) is 5.52 Å². The maximum atomic E-state index is 13.1. The largest absolute Gasteiger partial charge is 0.471 e. The van der Waals surface area contributed by atoms with Crippen molar-refractivity contribution in [2.75, 3.05) is 30.4 Å². The van der Waals surface area contributed by atoms with E-state index in [0.29, 0.717) is 44.1 Å². The van der Waals surface area contributed by atoms with Crippen LogP contribution >= 0.6 is 0 Å². The van der Waals surface area contributed by atoms with Crippen LogP contribution in [0.1, 0.15) is 31.2 Å². The number of rotatable bonds is 5. The van der Waals surface area contributed by atoms with Crippen LogP contribution in [0.4, 0.5) is 29.3 Å². The van der Waals surface area contributed by atoms with Crippen molar-refractivity contribution in [3.63, 3.8) is 0 Å². The zero-order valence-electron chi connectivity index (χ0n) is 20.9. The number of aliphatic hydroxyl groups is 1. The third kappa shape index (κ3) is 4.99. The van der Waals surface area contributed by atoms with Crippen LogP contribution in [-0.2, 0) is 13.2 Å². The first-order valence-corrected chi connectivity index (χ1v) is 12.3. The Morgan fingerprint density at radius 2 is 1.92 bits per heavy atom. The molecule has 1 aliphatic carbocycles. The van der Waals surface area contributed by atoms with Crippen LogP contribution in [0.15, 0.2) is 35.6 Å². The van der Waals surface area contributed by atoms with E-state index in [9.17, 15) is 27.9 Å². The number of ether oxygens (including phenoxy) is 1. The second-order valence-electron chi connectivity index (χ2n) is 9.70. The van der Waals surface area contributed by atoms with Crippen molar-refractivity contribution in [2.45, 2.75) is 50.1 Å². The van der Waals surface area contributed by atoms with Gasteiger partial charge in [0.1, 0.15) is 17.3 Å². The van der Waals surface area contributed by atoms with Gasteiger partial charge in [-0.3, -0.25) is 4.79 Å². The molecule has 0 aromatic carbocycles. The number of aryl methyl sites for hydroxylation is 1. The molecule has 14 heteroatoms. The van der Waals surface area contributed by atoms with Gasteiger partial charge >= 0.3 is 12.2 Å². The standard InChI is InChI=1S/C24H28F3N7O4/c1-31-12-14(24(25,26)27)9-16(22(31)36)30-23(37)32(2)15-5-7-33(8-6-15)17-11-29-34-13-21(28-10-18(17)34)38-20-4-3-19(20)35/h9-13,15,19-20,35H,3-8H2,1-2H3,(H,30,37)/t19-,20-/m0/s1. The number of nitrogens with zero attached hydrogens (tertiary/aromatic N) is 6. The molecule has 2 amide bonds. The predicted molar refractivity (Wildman–Crippen MR) is 131 cm³/mol. The molecule has 3 aromatic rings. The van der Waals surface area contributed by atoms with E-state index in [2.05, 4.69) is 20.3 Å². The number of urea groups is 1. The summed E-state index contributed by atoms with van der Waals surface area (Å²) >= 11 is 0. The minimum absolute atomic E-state index is 0.172. The first kappa shape index (κ1) is 25.8. The van der Waals surface area contributed by atoms with Gasteiger partial charge in [0.2, 0.25) is 5.88 Å². The minimum Gasteiger partial charge on any atom is -0.471 e. The molecular weight excluding hydrogens is 507 g/mol. The van der Waals surface area contributed by atoms with Crippen LogP contribution in [0.2, 0.25) is 0 Å². The van der Waals surface area contributed by atoms with Gasteiger partial charge in [0.15, 0.2) is 0 Å². The van der Waals surface area contributed by atoms with E-state index in [0.717, 1.165) is 28.6 Å². The van der Waals surface area contributed by atoms with E-state index in [-0.39, 0.29) is 12.1 Å². The highest BCUT2D eigenvalue weighted by atomic mass is 19.4. The Labute approximate surface area is 215 Å². The third-order valence-corrected chi connectivity index (χ3v) is 7.23. The Morgan fingerprint density at radius 1 is 1.18 bits per heavy atom. The number of anilines is 2. The van der Waals surface area contributed by atoms with E-state index in [1.165, 1.54) is 11.9 Å². The smallest absolute Gasteiger partial charge is 0.417 e. The molecule has 1 saturated carbocycles. The van der Waals surface area contributed by atoms with Gasteiger partial charge in [0.25, 0.3) is 5.56 Å². The number of halogens is 3. The molecule has 204 valence electrons. The number of pyridine rings is 1.